The van der Waals surface area contributed by atoms with Gasteiger partial charge in [-0.3, -0.25) is 4.79 Å². The zero-order chi connectivity index (χ0) is 20.8. The van der Waals surface area contributed by atoms with Crippen molar-refractivity contribution in [2.45, 2.75) is 39.8 Å². The number of aryl methyl sites for hydroxylation is 2. The molecule has 0 fully saturated rings. The first kappa shape index (κ1) is 21.0. The van der Waals surface area contributed by atoms with Gasteiger partial charge in [-0.1, -0.05) is 35.4 Å². The van der Waals surface area contributed by atoms with E-state index in [2.05, 4.69) is 16.0 Å². The molecule has 0 aliphatic rings. The summed E-state index contributed by atoms with van der Waals surface area (Å²) in [6, 6.07) is 10.1. The lowest BCUT2D eigenvalue weighted by Gasteiger charge is -2.17. The monoisotopic (exact) mass is 383 g/mol. The highest BCUT2D eigenvalue weighted by Gasteiger charge is 2.23. The van der Waals surface area contributed by atoms with Crippen LogP contribution in [0.25, 0.3) is 0 Å². The smallest absolute Gasteiger partial charge is 0.330 e. The van der Waals surface area contributed by atoms with E-state index in [4.69, 9.17) is 0 Å². The van der Waals surface area contributed by atoms with Gasteiger partial charge in [0.05, 0.1) is 0 Å². The maximum Gasteiger partial charge on any atom is 0.330 e. The fraction of sp³-hybridized carbons (Fsp3) is 0.286. The number of hydrogen-bond acceptors (Lipinski definition) is 3. The minimum absolute atomic E-state index is 0.0272. The molecular formula is C21H25N3O4. The van der Waals surface area contributed by atoms with Crippen molar-refractivity contribution in [1.29, 1.82) is 0 Å². The molecule has 2 aromatic rings. The molecule has 0 aliphatic carbocycles. The zero-order valence-corrected chi connectivity index (χ0v) is 16.4. The molecule has 4 N–H and O–H groups in total. The maximum atomic E-state index is 12.6. The van der Waals surface area contributed by atoms with Crippen molar-refractivity contribution < 1.29 is 19.5 Å². The molecule has 2 rings (SSSR count). The van der Waals surface area contributed by atoms with Gasteiger partial charge in [0.15, 0.2) is 6.04 Å². The Kier molecular flexibility index (Phi) is 6.76. The predicted molar refractivity (Wildman–Crippen MR) is 107 cm³/mol. The number of benzene rings is 2. The largest absolute Gasteiger partial charge is 0.479 e. The number of carboxylic acid groups (broad SMARTS) is 1. The molecule has 1 unspecified atom stereocenters. The summed E-state index contributed by atoms with van der Waals surface area (Å²) in [6.45, 7) is 7.41. The van der Waals surface area contributed by atoms with Gasteiger partial charge < -0.3 is 21.1 Å². The molecule has 0 bridgehead atoms. The Morgan fingerprint density at radius 1 is 0.929 bits per heavy atom. The third kappa shape index (κ3) is 5.84. The molecule has 0 saturated heterocycles. The van der Waals surface area contributed by atoms with Gasteiger partial charge in [-0.05, 0) is 51.5 Å². The number of nitrogens with one attached hydrogen (secondary N) is 3. The number of urea groups is 1. The van der Waals surface area contributed by atoms with Gasteiger partial charge in [-0.2, -0.15) is 0 Å². The zero-order valence-electron chi connectivity index (χ0n) is 16.4. The number of rotatable bonds is 6. The fourth-order valence-electron chi connectivity index (χ4n) is 2.85. The summed E-state index contributed by atoms with van der Waals surface area (Å²) in [5, 5.41) is 17.5. The Balaban J connectivity index is 2.19. The van der Waals surface area contributed by atoms with E-state index in [1.165, 1.54) is 6.07 Å². The van der Waals surface area contributed by atoms with Crippen LogP contribution in [0.4, 0.5) is 10.5 Å². The second-order valence-corrected chi connectivity index (χ2v) is 7.00. The molecule has 0 spiro atoms. The third-order valence-corrected chi connectivity index (χ3v) is 3.90. The van der Waals surface area contributed by atoms with Gasteiger partial charge in [-0.25, -0.2) is 9.59 Å². The molecule has 2 aromatic carbocycles. The molecule has 28 heavy (non-hydrogen) atoms. The summed E-state index contributed by atoms with van der Waals surface area (Å²) in [5.41, 5.74) is 3.02. The number of carbonyl (C=O) groups excluding carboxylic acids is 2. The summed E-state index contributed by atoms with van der Waals surface area (Å²) >= 11 is 0. The van der Waals surface area contributed by atoms with Crippen molar-refractivity contribution in [3.63, 3.8) is 0 Å². The summed E-state index contributed by atoms with van der Waals surface area (Å²) in [4.78, 5) is 36.2. The van der Waals surface area contributed by atoms with Crippen LogP contribution < -0.4 is 16.0 Å². The fourth-order valence-corrected chi connectivity index (χ4v) is 2.85. The number of aliphatic carboxylic acids is 1. The van der Waals surface area contributed by atoms with E-state index in [1.807, 2.05) is 33.8 Å². The van der Waals surface area contributed by atoms with Gasteiger partial charge in [0.1, 0.15) is 0 Å². The summed E-state index contributed by atoms with van der Waals surface area (Å²) in [7, 11) is 0. The number of carbonyl (C=O) groups is 3. The van der Waals surface area contributed by atoms with E-state index in [9.17, 15) is 19.5 Å². The van der Waals surface area contributed by atoms with Crippen molar-refractivity contribution in [1.82, 2.24) is 10.6 Å². The van der Waals surface area contributed by atoms with Crippen molar-refractivity contribution in [3.05, 3.63) is 64.7 Å². The highest BCUT2D eigenvalue weighted by molar-refractivity contribution is 5.98. The van der Waals surface area contributed by atoms with Crippen LogP contribution in [0.1, 0.15) is 46.9 Å². The Labute approximate surface area is 164 Å². The van der Waals surface area contributed by atoms with E-state index >= 15 is 0 Å². The van der Waals surface area contributed by atoms with E-state index in [1.54, 1.807) is 30.3 Å². The normalized spacial score (nSPS) is 11.6. The van der Waals surface area contributed by atoms with Crippen molar-refractivity contribution in [2.75, 3.05) is 5.32 Å². The standard InChI is InChI=1S/C21H25N3O4/c1-12(2)22-21(28)23-17-7-5-6-15(11-17)19(25)24-18(20(26)27)16-9-13(3)8-14(4)10-16/h5-12,18H,1-4H3,(H,24,25)(H,26,27)(H2,22,23,28). The molecule has 3 amide bonds. The molecule has 7 heteroatoms. The Morgan fingerprint density at radius 2 is 1.57 bits per heavy atom. The maximum absolute atomic E-state index is 12.6. The van der Waals surface area contributed by atoms with Gasteiger partial charge in [0, 0.05) is 17.3 Å². The molecule has 7 nitrogen and oxygen atoms in total. The Morgan fingerprint density at radius 3 is 2.14 bits per heavy atom. The first-order chi connectivity index (χ1) is 13.2. The van der Waals surface area contributed by atoms with E-state index in [-0.39, 0.29) is 17.6 Å². The Hall–Kier alpha value is -3.35. The number of amides is 3. The van der Waals surface area contributed by atoms with Crippen LogP contribution in [0, 0.1) is 13.8 Å². The molecule has 0 saturated carbocycles. The van der Waals surface area contributed by atoms with Crippen LogP contribution in [0.2, 0.25) is 0 Å². The van der Waals surface area contributed by atoms with Crippen LogP contribution in [0.3, 0.4) is 0 Å². The average Bonchev–Trinajstić information content (AvgIpc) is 2.57. The SMILES string of the molecule is Cc1cc(C)cc(C(NC(=O)c2cccc(NC(=O)NC(C)C)c2)C(=O)O)c1. The van der Waals surface area contributed by atoms with Crippen LogP contribution in [-0.4, -0.2) is 29.1 Å². The van der Waals surface area contributed by atoms with Crippen molar-refractivity contribution >= 4 is 23.6 Å². The number of anilines is 1. The van der Waals surface area contributed by atoms with Crippen molar-refractivity contribution in [2.24, 2.45) is 0 Å². The van der Waals surface area contributed by atoms with Gasteiger partial charge >= 0.3 is 12.0 Å². The Bertz CT molecular complexity index is 873. The van der Waals surface area contributed by atoms with Gasteiger partial charge in [-0.15, -0.1) is 0 Å². The number of hydrogen-bond donors (Lipinski definition) is 4. The average molecular weight is 383 g/mol. The summed E-state index contributed by atoms with van der Waals surface area (Å²) in [6.07, 6.45) is 0. The minimum atomic E-state index is -1.17. The summed E-state index contributed by atoms with van der Waals surface area (Å²) < 4.78 is 0. The highest BCUT2D eigenvalue weighted by atomic mass is 16.4. The molecule has 0 radical (unpaired) electrons. The van der Waals surface area contributed by atoms with Gasteiger partial charge in [0.25, 0.3) is 5.91 Å². The van der Waals surface area contributed by atoms with Crippen LogP contribution in [0.15, 0.2) is 42.5 Å². The lowest BCUT2D eigenvalue weighted by atomic mass is 10.0. The predicted octanol–water partition coefficient (Wildman–Crippen LogP) is 3.39. The van der Waals surface area contributed by atoms with E-state index in [0.29, 0.717) is 11.3 Å². The van der Waals surface area contributed by atoms with Crippen LogP contribution >= 0.6 is 0 Å². The first-order valence-electron chi connectivity index (χ1n) is 8.95. The quantitative estimate of drug-likeness (QED) is 0.613. The first-order valence-corrected chi connectivity index (χ1v) is 8.95. The minimum Gasteiger partial charge on any atom is -0.479 e. The van der Waals surface area contributed by atoms with E-state index < -0.39 is 17.9 Å². The molecule has 0 heterocycles. The van der Waals surface area contributed by atoms with Crippen LogP contribution in [0.5, 0.6) is 0 Å². The lowest BCUT2D eigenvalue weighted by Crippen LogP contribution is -2.35. The molecular weight excluding hydrogens is 358 g/mol. The van der Waals surface area contributed by atoms with Crippen molar-refractivity contribution in [3.8, 4) is 0 Å². The molecule has 0 aliphatic heterocycles. The van der Waals surface area contributed by atoms with Crippen LogP contribution in [-0.2, 0) is 4.79 Å². The third-order valence-electron chi connectivity index (χ3n) is 3.90. The molecule has 0 aromatic heterocycles. The second-order valence-electron chi connectivity index (χ2n) is 7.00. The van der Waals surface area contributed by atoms with Gasteiger partial charge in [0.2, 0.25) is 0 Å². The number of carboxylic acids is 1. The highest BCUT2D eigenvalue weighted by Crippen LogP contribution is 2.19. The second kappa shape index (κ2) is 9.03. The summed E-state index contributed by atoms with van der Waals surface area (Å²) in [5.74, 6) is -1.69. The lowest BCUT2D eigenvalue weighted by molar-refractivity contribution is -0.139. The molecule has 148 valence electrons. The van der Waals surface area contributed by atoms with E-state index in [0.717, 1.165) is 11.1 Å². The topological polar surface area (TPSA) is 108 Å². The molecule has 1 atom stereocenters.